The summed E-state index contributed by atoms with van der Waals surface area (Å²) in [7, 11) is 5.79. The summed E-state index contributed by atoms with van der Waals surface area (Å²) in [5, 5.41) is 18.0. The van der Waals surface area contributed by atoms with Gasteiger partial charge in [0.2, 0.25) is 5.91 Å². The number of benzene rings is 3. The molecule has 272 valence electrons. The first-order chi connectivity index (χ1) is 24.0. The van der Waals surface area contributed by atoms with E-state index in [4.69, 9.17) is 9.47 Å². The Morgan fingerprint density at radius 2 is 1.78 bits per heavy atom. The lowest BCUT2D eigenvalue weighted by Crippen LogP contribution is -2.48. The Morgan fingerprint density at radius 1 is 1.02 bits per heavy atom. The summed E-state index contributed by atoms with van der Waals surface area (Å²) < 4.78 is 12.7. The van der Waals surface area contributed by atoms with Gasteiger partial charge in [0, 0.05) is 50.2 Å². The van der Waals surface area contributed by atoms with Crippen LogP contribution in [0.15, 0.2) is 60.7 Å². The highest BCUT2D eigenvalue weighted by Gasteiger charge is 2.31. The van der Waals surface area contributed by atoms with Gasteiger partial charge in [0.15, 0.2) is 0 Å². The van der Waals surface area contributed by atoms with Crippen molar-refractivity contribution in [1.29, 1.82) is 0 Å². The van der Waals surface area contributed by atoms with Crippen molar-refractivity contribution in [3.8, 4) is 5.75 Å². The van der Waals surface area contributed by atoms with Crippen molar-refractivity contribution in [2.75, 3.05) is 64.6 Å². The zero-order valence-electron chi connectivity index (χ0n) is 30.5. The molecule has 0 spiro atoms. The molecule has 4 rings (SSSR count). The van der Waals surface area contributed by atoms with E-state index < -0.39 is 12.1 Å². The van der Waals surface area contributed by atoms with Crippen molar-refractivity contribution in [1.82, 2.24) is 14.7 Å². The van der Waals surface area contributed by atoms with Crippen molar-refractivity contribution in [2.24, 2.45) is 5.92 Å². The van der Waals surface area contributed by atoms with Crippen LogP contribution in [0, 0.1) is 5.92 Å². The largest absolute Gasteiger partial charge is 0.490 e. The second-order valence-corrected chi connectivity index (χ2v) is 13.8. The van der Waals surface area contributed by atoms with E-state index in [0.29, 0.717) is 36.7 Å². The fraction of sp³-hybridized carbons (Fsp3) is 0.513. The van der Waals surface area contributed by atoms with Crippen LogP contribution < -0.4 is 15.4 Å². The normalized spacial score (nSPS) is 19.6. The highest BCUT2D eigenvalue weighted by atomic mass is 16.5. The number of nitrogens with one attached hydrogen (secondary N) is 2. The van der Waals surface area contributed by atoms with E-state index in [0.717, 1.165) is 43.0 Å². The molecule has 1 heterocycles. The van der Waals surface area contributed by atoms with Gasteiger partial charge in [-0.05, 0) is 89.8 Å². The number of aliphatic hydroxyl groups excluding tert-OH is 1. The van der Waals surface area contributed by atoms with Gasteiger partial charge in [-0.15, -0.1) is 0 Å². The van der Waals surface area contributed by atoms with Crippen molar-refractivity contribution < 1.29 is 29.0 Å². The van der Waals surface area contributed by atoms with Gasteiger partial charge < -0.3 is 39.9 Å². The molecule has 3 aromatic carbocycles. The van der Waals surface area contributed by atoms with Gasteiger partial charge in [-0.2, -0.15) is 0 Å². The van der Waals surface area contributed by atoms with Crippen LogP contribution in [0.4, 0.5) is 16.2 Å². The molecule has 50 heavy (non-hydrogen) atoms. The van der Waals surface area contributed by atoms with E-state index in [1.807, 2.05) is 70.4 Å². The molecule has 3 aromatic rings. The van der Waals surface area contributed by atoms with Gasteiger partial charge in [-0.3, -0.25) is 9.59 Å². The Kier molecular flexibility index (Phi) is 14.4. The number of ether oxygens (including phenoxy) is 2. The summed E-state index contributed by atoms with van der Waals surface area (Å²) in [6.45, 7) is 7.58. The third-order valence-electron chi connectivity index (χ3n) is 9.22. The quantitative estimate of drug-likeness (QED) is 0.236. The maximum Gasteiger partial charge on any atom is 0.323 e. The average molecular weight is 690 g/mol. The second-order valence-electron chi connectivity index (χ2n) is 13.8. The molecule has 0 unspecified atom stereocenters. The maximum absolute atomic E-state index is 14.4. The highest BCUT2D eigenvalue weighted by molar-refractivity contribution is 6.07. The summed E-state index contributed by atoms with van der Waals surface area (Å²) in [4.78, 5) is 46.1. The van der Waals surface area contributed by atoms with Crippen LogP contribution >= 0.6 is 0 Å². The fourth-order valence-electron chi connectivity index (χ4n) is 6.19. The maximum atomic E-state index is 14.4. The minimum atomic E-state index is -0.513. The lowest BCUT2D eigenvalue weighted by Gasteiger charge is -2.36. The number of carbonyl (C=O) groups excluding carboxylic acids is 3. The summed E-state index contributed by atoms with van der Waals surface area (Å²) in [5.74, 6) is -0.0204. The number of hydrogen-bond donors (Lipinski definition) is 3. The van der Waals surface area contributed by atoms with E-state index in [1.54, 1.807) is 42.0 Å². The van der Waals surface area contributed by atoms with Gasteiger partial charge in [-0.25, -0.2) is 4.79 Å². The predicted octanol–water partition coefficient (Wildman–Crippen LogP) is 6.08. The van der Waals surface area contributed by atoms with Gasteiger partial charge in [0.1, 0.15) is 5.75 Å². The van der Waals surface area contributed by atoms with Crippen molar-refractivity contribution in [2.45, 2.75) is 71.1 Å². The van der Waals surface area contributed by atoms with Crippen LogP contribution in [0.5, 0.6) is 5.75 Å². The number of fused-ring (bicyclic) bond motifs is 2. The topological polar surface area (TPSA) is 124 Å². The number of urea groups is 1. The average Bonchev–Trinajstić information content (AvgIpc) is 3.09. The third-order valence-corrected chi connectivity index (χ3v) is 9.22. The lowest BCUT2D eigenvalue weighted by molar-refractivity contribution is -0.132. The zero-order valence-corrected chi connectivity index (χ0v) is 30.5. The number of anilines is 2. The molecule has 1 aliphatic heterocycles. The molecule has 0 fully saturated rings. The Bertz CT molecular complexity index is 1580. The molecule has 11 heteroatoms. The van der Waals surface area contributed by atoms with E-state index in [2.05, 4.69) is 15.5 Å². The van der Waals surface area contributed by atoms with E-state index >= 15 is 0 Å². The summed E-state index contributed by atoms with van der Waals surface area (Å²) in [6.07, 6.45) is 3.18. The van der Waals surface area contributed by atoms with Crippen LogP contribution in [0.1, 0.15) is 63.2 Å². The molecular formula is C39H55N5O6. The first-order valence-corrected chi connectivity index (χ1v) is 17.7. The first kappa shape index (κ1) is 38.6. The van der Waals surface area contributed by atoms with Gasteiger partial charge >= 0.3 is 6.03 Å². The number of aliphatic hydroxyl groups is 1. The minimum absolute atomic E-state index is 0.0585. The van der Waals surface area contributed by atoms with Crippen molar-refractivity contribution in [3.05, 3.63) is 66.2 Å². The Labute approximate surface area is 296 Å². The number of carbonyl (C=O) groups is 3. The van der Waals surface area contributed by atoms with Gasteiger partial charge in [0.05, 0.1) is 36.1 Å². The standard InChI is InChI=1S/C39H55N5O6/c1-27-24-44(28(2)26-45)38(47)33-23-31(40-39(48)41-34-17-11-15-30-14-7-8-16-32(30)34)19-20-35(33)50-29(3)13-9-10-22-49-36(27)25-43(6)37(46)18-12-21-42(4)5/h7-8,11,14-17,19-20,23,27-29,36,45H,9-10,12-13,18,21-22,24-26H2,1-6H3,(H2,40,41,48)/t27-,28+,29-,36-/m0/s1. The smallest absolute Gasteiger partial charge is 0.323 e. The molecule has 4 amide bonds. The molecule has 0 radical (unpaired) electrons. The Balaban J connectivity index is 1.58. The second kappa shape index (κ2) is 18.7. The first-order valence-electron chi connectivity index (χ1n) is 17.7. The Morgan fingerprint density at radius 3 is 2.54 bits per heavy atom. The minimum Gasteiger partial charge on any atom is -0.490 e. The molecule has 0 bridgehead atoms. The van der Waals surface area contributed by atoms with E-state index in [-0.39, 0.29) is 48.7 Å². The van der Waals surface area contributed by atoms with Crippen LogP contribution in [0.2, 0.25) is 0 Å². The highest BCUT2D eigenvalue weighted by Crippen LogP contribution is 2.29. The molecule has 4 atom stereocenters. The number of likely N-dealkylation sites (N-methyl/N-ethyl adjacent to an activating group) is 1. The number of nitrogens with zero attached hydrogens (tertiary/aromatic N) is 3. The fourth-order valence-corrected chi connectivity index (χ4v) is 6.19. The molecule has 3 N–H and O–H groups in total. The lowest BCUT2D eigenvalue weighted by atomic mass is 10.0. The monoisotopic (exact) mass is 689 g/mol. The number of hydrogen-bond acceptors (Lipinski definition) is 7. The molecule has 0 saturated heterocycles. The van der Waals surface area contributed by atoms with Crippen LogP contribution in [0.3, 0.4) is 0 Å². The van der Waals surface area contributed by atoms with E-state index in [1.165, 1.54) is 0 Å². The molecule has 11 nitrogen and oxygen atoms in total. The van der Waals surface area contributed by atoms with Gasteiger partial charge in [-0.1, -0.05) is 43.3 Å². The molecule has 0 aromatic heterocycles. The number of amides is 4. The summed E-state index contributed by atoms with van der Waals surface area (Å²) in [5.41, 5.74) is 1.38. The molecule has 1 aliphatic rings. The van der Waals surface area contributed by atoms with Crippen LogP contribution in [-0.2, 0) is 9.53 Å². The van der Waals surface area contributed by atoms with Gasteiger partial charge in [0.25, 0.3) is 5.91 Å². The molecule has 0 aliphatic carbocycles. The van der Waals surface area contributed by atoms with Crippen molar-refractivity contribution in [3.63, 3.8) is 0 Å². The predicted molar refractivity (Wildman–Crippen MR) is 199 cm³/mol. The third kappa shape index (κ3) is 10.9. The molecule has 0 saturated carbocycles. The van der Waals surface area contributed by atoms with Crippen LogP contribution in [-0.4, -0.2) is 110 Å². The van der Waals surface area contributed by atoms with Crippen LogP contribution in [0.25, 0.3) is 10.8 Å². The summed E-state index contributed by atoms with van der Waals surface area (Å²) >= 11 is 0. The van der Waals surface area contributed by atoms with E-state index in [9.17, 15) is 19.5 Å². The SMILES string of the molecule is C[C@H](CO)N1C[C@H](C)[C@H](CN(C)C(=O)CCCN(C)C)OCCCC[C@H](C)Oc2ccc(NC(=O)Nc3cccc4ccccc34)cc2C1=O. The molecular weight excluding hydrogens is 634 g/mol. The zero-order chi connectivity index (χ0) is 36.2. The summed E-state index contributed by atoms with van der Waals surface area (Å²) in [6, 6.07) is 17.6. The number of rotatable bonds is 10. The Hall–Kier alpha value is -4.19. The van der Waals surface area contributed by atoms with Crippen molar-refractivity contribution >= 4 is 40.0 Å².